The molecule has 1 aliphatic carbocycles. The molecule has 0 aromatic heterocycles. The molecule has 2 rings (SSSR count). The van der Waals surface area contributed by atoms with Crippen molar-refractivity contribution in [3.8, 4) is 0 Å². The van der Waals surface area contributed by atoms with E-state index < -0.39 is 17.3 Å². The first kappa shape index (κ1) is 14.4. The van der Waals surface area contributed by atoms with Gasteiger partial charge in [-0.15, -0.1) is 0 Å². The molecule has 0 spiro atoms. The summed E-state index contributed by atoms with van der Waals surface area (Å²) in [5.74, 6) is 0. The van der Waals surface area contributed by atoms with Crippen LogP contribution in [0.25, 0.3) is 0 Å². The van der Waals surface area contributed by atoms with Crippen LogP contribution in [0.4, 0.5) is 13.2 Å². The molecule has 1 aromatic carbocycles. The van der Waals surface area contributed by atoms with Crippen molar-refractivity contribution in [1.82, 2.24) is 0 Å². The number of hydrogen-bond donors (Lipinski definition) is 1. The summed E-state index contributed by atoms with van der Waals surface area (Å²) in [6.07, 6.45) is -1.52. The smallest absolute Gasteiger partial charge is 0.390 e. The maximum atomic E-state index is 12.5. The average molecular weight is 272 g/mol. The van der Waals surface area contributed by atoms with Gasteiger partial charge in [-0.3, -0.25) is 0 Å². The summed E-state index contributed by atoms with van der Waals surface area (Å²) in [5.41, 5.74) is -0.549. The quantitative estimate of drug-likeness (QED) is 0.856. The van der Waals surface area contributed by atoms with Crippen LogP contribution >= 0.6 is 0 Å². The van der Waals surface area contributed by atoms with Gasteiger partial charge in [-0.2, -0.15) is 13.2 Å². The predicted octanol–water partition coefficient (Wildman–Crippen LogP) is 4.19. The number of halogens is 3. The van der Waals surface area contributed by atoms with E-state index in [-0.39, 0.29) is 5.41 Å². The SMILES string of the molecule is CC1(C)CCC(O)(Cc2ccc(C(F)(F)F)cc2)C1. The van der Waals surface area contributed by atoms with Gasteiger partial charge in [0.1, 0.15) is 0 Å². The van der Waals surface area contributed by atoms with Crippen molar-refractivity contribution in [2.45, 2.75) is 51.3 Å². The topological polar surface area (TPSA) is 20.2 Å². The molecule has 0 saturated heterocycles. The Morgan fingerprint density at radius 2 is 1.68 bits per heavy atom. The Balaban J connectivity index is 2.08. The molecule has 1 N–H and O–H groups in total. The largest absolute Gasteiger partial charge is 0.416 e. The minimum atomic E-state index is -4.30. The Bertz CT molecular complexity index is 447. The Morgan fingerprint density at radius 1 is 1.11 bits per heavy atom. The highest BCUT2D eigenvalue weighted by Gasteiger charge is 2.41. The van der Waals surface area contributed by atoms with E-state index in [1.807, 2.05) is 0 Å². The molecule has 1 unspecified atom stereocenters. The molecule has 1 fully saturated rings. The van der Waals surface area contributed by atoms with Gasteiger partial charge in [0.2, 0.25) is 0 Å². The normalized spacial score (nSPS) is 26.6. The zero-order valence-electron chi connectivity index (χ0n) is 11.2. The van der Waals surface area contributed by atoms with Crippen LogP contribution in [0, 0.1) is 5.41 Å². The first-order valence-electron chi connectivity index (χ1n) is 6.48. The van der Waals surface area contributed by atoms with Gasteiger partial charge >= 0.3 is 6.18 Å². The number of aliphatic hydroxyl groups is 1. The first-order valence-corrected chi connectivity index (χ1v) is 6.48. The Morgan fingerprint density at radius 3 is 2.11 bits per heavy atom. The fourth-order valence-corrected chi connectivity index (χ4v) is 2.98. The molecule has 0 bridgehead atoms. The lowest BCUT2D eigenvalue weighted by atomic mass is 9.86. The van der Waals surface area contributed by atoms with Crippen LogP contribution in [0.1, 0.15) is 44.2 Å². The van der Waals surface area contributed by atoms with Crippen LogP contribution in [0.2, 0.25) is 0 Å². The summed E-state index contributed by atoms with van der Waals surface area (Å²) in [6, 6.07) is 5.09. The third-order valence-electron chi connectivity index (χ3n) is 3.89. The van der Waals surface area contributed by atoms with Gasteiger partial charge in [0.15, 0.2) is 0 Å². The zero-order chi connectivity index (χ0) is 14.3. The summed E-state index contributed by atoms with van der Waals surface area (Å²) < 4.78 is 37.4. The Hall–Kier alpha value is -1.03. The maximum absolute atomic E-state index is 12.5. The van der Waals surface area contributed by atoms with Crippen molar-refractivity contribution in [1.29, 1.82) is 0 Å². The molecule has 0 amide bonds. The van der Waals surface area contributed by atoms with Crippen molar-refractivity contribution in [2.75, 3.05) is 0 Å². The molecule has 1 aliphatic rings. The van der Waals surface area contributed by atoms with Gasteiger partial charge < -0.3 is 5.11 Å². The summed E-state index contributed by atoms with van der Waals surface area (Å²) in [5, 5.41) is 10.5. The van der Waals surface area contributed by atoms with Crippen LogP contribution in [0.15, 0.2) is 24.3 Å². The summed E-state index contributed by atoms with van der Waals surface area (Å²) in [7, 11) is 0. The van der Waals surface area contributed by atoms with E-state index in [9.17, 15) is 18.3 Å². The van der Waals surface area contributed by atoms with Crippen molar-refractivity contribution < 1.29 is 18.3 Å². The molecular formula is C15H19F3O. The van der Waals surface area contributed by atoms with Crippen LogP contribution in [0.5, 0.6) is 0 Å². The van der Waals surface area contributed by atoms with E-state index in [1.54, 1.807) is 0 Å². The number of hydrogen-bond acceptors (Lipinski definition) is 1. The van der Waals surface area contributed by atoms with Crippen LogP contribution in [-0.2, 0) is 12.6 Å². The van der Waals surface area contributed by atoms with E-state index in [4.69, 9.17) is 0 Å². The molecule has 19 heavy (non-hydrogen) atoms. The fraction of sp³-hybridized carbons (Fsp3) is 0.600. The highest BCUT2D eigenvalue weighted by molar-refractivity contribution is 5.26. The zero-order valence-corrected chi connectivity index (χ0v) is 11.2. The van der Waals surface area contributed by atoms with Crippen molar-refractivity contribution in [3.63, 3.8) is 0 Å². The molecule has 1 saturated carbocycles. The summed E-state index contributed by atoms with van der Waals surface area (Å²) >= 11 is 0. The Kier molecular flexibility index (Phi) is 3.42. The molecule has 1 atom stereocenters. The molecule has 106 valence electrons. The standard InChI is InChI=1S/C15H19F3O/c1-13(2)7-8-14(19,10-13)9-11-3-5-12(6-4-11)15(16,17)18/h3-6,19H,7-10H2,1-2H3. The monoisotopic (exact) mass is 272 g/mol. The molecule has 0 aliphatic heterocycles. The third-order valence-corrected chi connectivity index (χ3v) is 3.89. The molecule has 0 radical (unpaired) electrons. The lowest BCUT2D eigenvalue weighted by Gasteiger charge is -2.25. The van der Waals surface area contributed by atoms with Gasteiger partial charge in [0.05, 0.1) is 11.2 Å². The minimum absolute atomic E-state index is 0.112. The second-order valence-corrected chi connectivity index (χ2v) is 6.44. The van der Waals surface area contributed by atoms with E-state index >= 15 is 0 Å². The second-order valence-electron chi connectivity index (χ2n) is 6.44. The van der Waals surface area contributed by atoms with Crippen LogP contribution in [0.3, 0.4) is 0 Å². The summed E-state index contributed by atoms with van der Waals surface area (Å²) in [4.78, 5) is 0. The average Bonchev–Trinajstić information content (AvgIpc) is 2.52. The van der Waals surface area contributed by atoms with Gasteiger partial charge in [-0.25, -0.2) is 0 Å². The fourth-order valence-electron chi connectivity index (χ4n) is 2.98. The van der Waals surface area contributed by atoms with E-state index in [2.05, 4.69) is 13.8 Å². The van der Waals surface area contributed by atoms with Gasteiger partial charge in [0, 0.05) is 6.42 Å². The first-order chi connectivity index (χ1) is 8.60. The van der Waals surface area contributed by atoms with Crippen molar-refractivity contribution >= 4 is 0 Å². The molecule has 4 heteroatoms. The maximum Gasteiger partial charge on any atom is 0.416 e. The number of alkyl halides is 3. The minimum Gasteiger partial charge on any atom is -0.390 e. The van der Waals surface area contributed by atoms with E-state index in [0.717, 1.165) is 24.1 Å². The van der Waals surface area contributed by atoms with Crippen molar-refractivity contribution in [2.24, 2.45) is 5.41 Å². The number of rotatable bonds is 2. The summed E-state index contributed by atoms with van der Waals surface area (Å²) in [6.45, 7) is 4.22. The lowest BCUT2D eigenvalue weighted by molar-refractivity contribution is -0.137. The molecule has 1 aromatic rings. The molecule has 1 nitrogen and oxygen atoms in total. The van der Waals surface area contributed by atoms with Gasteiger partial charge in [-0.1, -0.05) is 26.0 Å². The Labute approximate surface area is 111 Å². The van der Waals surface area contributed by atoms with E-state index in [1.165, 1.54) is 12.1 Å². The molecular weight excluding hydrogens is 253 g/mol. The lowest BCUT2D eigenvalue weighted by Crippen LogP contribution is -2.29. The van der Waals surface area contributed by atoms with Crippen molar-refractivity contribution in [3.05, 3.63) is 35.4 Å². The highest BCUT2D eigenvalue weighted by Crippen LogP contribution is 2.45. The van der Waals surface area contributed by atoms with Gasteiger partial charge in [-0.05, 0) is 42.4 Å². The second kappa shape index (κ2) is 4.51. The predicted molar refractivity (Wildman–Crippen MR) is 67.7 cm³/mol. The van der Waals surface area contributed by atoms with Crippen LogP contribution in [-0.4, -0.2) is 10.7 Å². The molecule has 0 heterocycles. The van der Waals surface area contributed by atoms with E-state index in [0.29, 0.717) is 19.3 Å². The number of benzene rings is 1. The highest BCUT2D eigenvalue weighted by atomic mass is 19.4. The van der Waals surface area contributed by atoms with Crippen LogP contribution < -0.4 is 0 Å². The van der Waals surface area contributed by atoms with Gasteiger partial charge in [0.25, 0.3) is 0 Å². The third kappa shape index (κ3) is 3.50.